The van der Waals surface area contributed by atoms with E-state index in [1.807, 2.05) is 0 Å². The lowest BCUT2D eigenvalue weighted by atomic mass is 9.89. The van der Waals surface area contributed by atoms with Crippen LogP contribution in [0.25, 0.3) is 0 Å². The molecule has 0 saturated carbocycles. The van der Waals surface area contributed by atoms with Gasteiger partial charge in [-0.1, -0.05) is 0 Å². The number of rotatable bonds is 4. The predicted octanol–water partition coefficient (Wildman–Crippen LogP) is 1.64. The molecule has 0 aliphatic rings. The Kier molecular flexibility index (Phi) is 4.77. The second-order valence-corrected chi connectivity index (χ2v) is 9.09. The SMILES string of the molecule is COC(=O)C(C)(C)c1ccnc(CS(=O)(=O)C(C)(C)C)n1. The molecule has 1 heterocycles. The zero-order valence-corrected chi connectivity index (χ0v) is 14.1. The van der Waals surface area contributed by atoms with Crippen molar-refractivity contribution in [1.29, 1.82) is 0 Å². The highest BCUT2D eigenvalue weighted by molar-refractivity contribution is 7.91. The summed E-state index contributed by atoms with van der Waals surface area (Å²) in [5, 5.41) is 0. The number of hydrogen-bond acceptors (Lipinski definition) is 6. The van der Waals surface area contributed by atoms with Gasteiger partial charge in [0, 0.05) is 6.20 Å². The lowest BCUT2D eigenvalue weighted by Crippen LogP contribution is -2.33. The van der Waals surface area contributed by atoms with Crippen LogP contribution in [0.2, 0.25) is 0 Å². The number of methoxy groups -OCH3 is 1. The van der Waals surface area contributed by atoms with Gasteiger partial charge in [0.25, 0.3) is 0 Å². The molecule has 0 atom stereocenters. The standard InChI is InChI=1S/C14H22N2O4S/c1-13(2,3)21(18,19)9-11-15-8-7-10(16-11)14(4,5)12(17)20-6/h7-8H,9H2,1-6H3. The number of aromatic nitrogens is 2. The zero-order chi connectivity index (χ0) is 16.5. The van der Waals surface area contributed by atoms with E-state index in [0.29, 0.717) is 5.69 Å². The topological polar surface area (TPSA) is 86.2 Å². The van der Waals surface area contributed by atoms with Crippen LogP contribution < -0.4 is 0 Å². The molecule has 0 amide bonds. The molecule has 0 bridgehead atoms. The average molecular weight is 314 g/mol. The predicted molar refractivity (Wildman–Crippen MR) is 79.5 cm³/mol. The molecule has 0 fully saturated rings. The van der Waals surface area contributed by atoms with E-state index >= 15 is 0 Å². The molecule has 1 aromatic heterocycles. The van der Waals surface area contributed by atoms with Gasteiger partial charge in [0.15, 0.2) is 9.84 Å². The largest absolute Gasteiger partial charge is 0.468 e. The van der Waals surface area contributed by atoms with Gasteiger partial charge in [-0.2, -0.15) is 0 Å². The highest BCUT2D eigenvalue weighted by atomic mass is 32.2. The minimum atomic E-state index is -3.38. The van der Waals surface area contributed by atoms with Gasteiger partial charge in [-0.05, 0) is 40.7 Å². The summed E-state index contributed by atoms with van der Waals surface area (Å²) in [6.07, 6.45) is 1.46. The molecule has 0 aliphatic heterocycles. The summed E-state index contributed by atoms with van der Waals surface area (Å²) < 4.78 is 28.3. The molecule has 1 rings (SSSR count). The van der Waals surface area contributed by atoms with E-state index in [-0.39, 0.29) is 11.6 Å². The van der Waals surface area contributed by atoms with E-state index in [0.717, 1.165) is 0 Å². The third-order valence-electron chi connectivity index (χ3n) is 3.29. The Morgan fingerprint density at radius 1 is 1.24 bits per heavy atom. The summed E-state index contributed by atoms with van der Waals surface area (Å²) >= 11 is 0. The fraction of sp³-hybridized carbons (Fsp3) is 0.643. The van der Waals surface area contributed by atoms with E-state index < -0.39 is 26.0 Å². The van der Waals surface area contributed by atoms with Crippen molar-refractivity contribution in [2.45, 2.75) is 50.5 Å². The Hall–Kier alpha value is -1.50. The maximum atomic E-state index is 12.2. The molecule has 118 valence electrons. The van der Waals surface area contributed by atoms with Crippen LogP contribution in [0, 0.1) is 0 Å². The minimum absolute atomic E-state index is 0.180. The van der Waals surface area contributed by atoms with Gasteiger partial charge in [-0.15, -0.1) is 0 Å². The van der Waals surface area contributed by atoms with Gasteiger partial charge in [-0.25, -0.2) is 18.4 Å². The van der Waals surface area contributed by atoms with Gasteiger partial charge < -0.3 is 4.74 Å². The van der Waals surface area contributed by atoms with Crippen molar-refractivity contribution < 1.29 is 17.9 Å². The molecule has 0 radical (unpaired) electrons. The summed E-state index contributed by atoms with van der Waals surface area (Å²) in [6, 6.07) is 1.59. The van der Waals surface area contributed by atoms with Crippen LogP contribution >= 0.6 is 0 Å². The normalized spacial score (nSPS) is 13.0. The molecule has 0 unspecified atom stereocenters. The van der Waals surface area contributed by atoms with Gasteiger partial charge in [-0.3, -0.25) is 4.79 Å². The number of esters is 1. The molecule has 21 heavy (non-hydrogen) atoms. The molecule has 0 aromatic carbocycles. The van der Waals surface area contributed by atoms with Crippen LogP contribution in [-0.2, 0) is 30.5 Å². The van der Waals surface area contributed by atoms with Crippen LogP contribution in [0.15, 0.2) is 12.3 Å². The summed E-state index contributed by atoms with van der Waals surface area (Å²) in [4.78, 5) is 20.0. The zero-order valence-electron chi connectivity index (χ0n) is 13.3. The van der Waals surface area contributed by atoms with E-state index in [2.05, 4.69) is 9.97 Å². The number of carbonyl (C=O) groups is 1. The quantitative estimate of drug-likeness (QED) is 0.785. The van der Waals surface area contributed by atoms with E-state index in [1.165, 1.54) is 13.3 Å². The molecule has 1 aromatic rings. The fourth-order valence-electron chi connectivity index (χ4n) is 1.56. The summed E-state index contributed by atoms with van der Waals surface area (Å²) in [5.74, 6) is -0.521. The van der Waals surface area contributed by atoms with E-state index in [4.69, 9.17) is 4.74 Å². The first-order chi connectivity index (χ1) is 9.41. The first-order valence-electron chi connectivity index (χ1n) is 6.55. The molecular weight excluding hydrogens is 292 g/mol. The Balaban J connectivity index is 3.17. The number of nitrogens with zero attached hydrogens (tertiary/aromatic N) is 2. The van der Waals surface area contributed by atoms with Crippen LogP contribution in [0.5, 0.6) is 0 Å². The van der Waals surface area contributed by atoms with Crippen LogP contribution in [0.4, 0.5) is 0 Å². The molecule has 0 N–H and O–H groups in total. The lowest BCUT2D eigenvalue weighted by molar-refractivity contribution is -0.146. The Morgan fingerprint density at radius 2 is 1.81 bits per heavy atom. The van der Waals surface area contributed by atoms with Crippen molar-refractivity contribution in [2.75, 3.05) is 7.11 Å². The monoisotopic (exact) mass is 314 g/mol. The number of sulfone groups is 1. The van der Waals surface area contributed by atoms with Crippen molar-refractivity contribution >= 4 is 15.8 Å². The summed E-state index contributed by atoms with van der Waals surface area (Å²) in [6.45, 7) is 8.23. The van der Waals surface area contributed by atoms with Crippen molar-refractivity contribution in [3.63, 3.8) is 0 Å². The number of hydrogen-bond donors (Lipinski definition) is 0. The smallest absolute Gasteiger partial charge is 0.317 e. The van der Waals surface area contributed by atoms with Crippen molar-refractivity contribution in [3.8, 4) is 0 Å². The highest BCUT2D eigenvalue weighted by Gasteiger charge is 2.34. The maximum Gasteiger partial charge on any atom is 0.317 e. The lowest BCUT2D eigenvalue weighted by Gasteiger charge is -2.22. The molecular formula is C14H22N2O4S. The van der Waals surface area contributed by atoms with Crippen LogP contribution in [-0.4, -0.2) is 36.2 Å². The Labute approximate surface area is 125 Å². The first-order valence-corrected chi connectivity index (χ1v) is 8.20. The molecule has 6 nitrogen and oxygen atoms in total. The molecule has 0 saturated heterocycles. The minimum Gasteiger partial charge on any atom is -0.468 e. The van der Waals surface area contributed by atoms with E-state index in [9.17, 15) is 13.2 Å². The van der Waals surface area contributed by atoms with Gasteiger partial charge in [0.05, 0.1) is 17.6 Å². The van der Waals surface area contributed by atoms with E-state index in [1.54, 1.807) is 40.7 Å². The maximum absolute atomic E-state index is 12.2. The van der Waals surface area contributed by atoms with Crippen LogP contribution in [0.1, 0.15) is 46.1 Å². The highest BCUT2D eigenvalue weighted by Crippen LogP contribution is 2.24. The molecule has 0 spiro atoms. The Morgan fingerprint density at radius 3 is 2.29 bits per heavy atom. The molecule has 0 aliphatic carbocycles. The van der Waals surface area contributed by atoms with Crippen molar-refractivity contribution in [3.05, 3.63) is 23.8 Å². The molecule has 7 heteroatoms. The number of ether oxygens (including phenoxy) is 1. The van der Waals surface area contributed by atoms with Crippen molar-refractivity contribution in [2.24, 2.45) is 0 Å². The number of carbonyl (C=O) groups excluding carboxylic acids is 1. The van der Waals surface area contributed by atoms with Crippen LogP contribution in [0.3, 0.4) is 0 Å². The second-order valence-electron chi connectivity index (χ2n) is 6.35. The Bertz CT molecular complexity index is 631. The third-order valence-corrected chi connectivity index (χ3v) is 5.80. The van der Waals surface area contributed by atoms with Gasteiger partial charge in [0.1, 0.15) is 17.0 Å². The summed E-state index contributed by atoms with van der Waals surface area (Å²) in [7, 11) is -2.08. The first kappa shape index (κ1) is 17.6. The fourth-order valence-corrected chi connectivity index (χ4v) is 2.47. The average Bonchev–Trinajstić information content (AvgIpc) is 2.36. The second kappa shape index (κ2) is 5.71. The van der Waals surface area contributed by atoms with Gasteiger partial charge >= 0.3 is 5.97 Å². The van der Waals surface area contributed by atoms with Crippen molar-refractivity contribution in [1.82, 2.24) is 9.97 Å². The third kappa shape index (κ3) is 3.78. The van der Waals surface area contributed by atoms with Gasteiger partial charge in [0.2, 0.25) is 0 Å². The summed E-state index contributed by atoms with van der Waals surface area (Å²) in [5.41, 5.74) is -0.527.